The molecule has 0 atom stereocenters. The molecule has 0 radical (unpaired) electrons. The highest BCUT2D eigenvalue weighted by atomic mass is 32.1. The first-order valence-electron chi connectivity index (χ1n) is 5.47. The van der Waals surface area contributed by atoms with E-state index in [4.69, 9.17) is 18.0 Å². The van der Waals surface area contributed by atoms with Gasteiger partial charge in [-0.05, 0) is 30.2 Å². The minimum Gasteiger partial charge on any atom is -0.389 e. The highest BCUT2D eigenvalue weighted by Gasteiger charge is 2.06. The van der Waals surface area contributed by atoms with E-state index >= 15 is 0 Å². The molecule has 18 heavy (non-hydrogen) atoms. The summed E-state index contributed by atoms with van der Waals surface area (Å²) in [5.74, 6) is 0. The molecule has 0 bridgehead atoms. The highest BCUT2D eigenvalue weighted by molar-refractivity contribution is 7.80. The van der Waals surface area contributed by atoms with Gasteiger partial charge in [-0.15, -0.1) is 0 Å². The Morgan fingerprint density at radius 2 is 2.28 bits per heavy atom. The Hall–Kier alpha value is -2.01. The smallest absolute Gasteiger partial charge is 0.261 e. The molecule has 4 nitrogen and oxygen atoms in total. The molecule has 92 valence electrons. The minimum atomic E-state index is -0.175. The van der Waals surface area contributed by atoms with Gasteiger partial charge >= 0.3 is 0 Å². The Labute approximate surface area is 110 Å². The van der Waals surface area contributed by atoms with Crippen molar-refractivity contribution in [3.05, 3.63) is 63.8 Å². The van der Waals surface area contributed by atoms with Crippen LogP contribution in [0.2, 0.25) is 0 Å². The van der Waals surface area contributed by atoms with Crippen LogP contribution in [0.5, 0.6) is 0 Å². The van der Waals surface area contributed by atoms with E-state index in [1.165, 1.54) is 0 Å². The maximum Gasteiger partial charge on any atom is 0.261 e. The fourth-order valence-corrected chi connectivity index (χ4v) is 1.90. The quantitative estimate of drug-likeness (QED) is 0.842. The Kier molecular flexibility index (Phi) is 3.53. The van der Waals surface area contributed by atoms with Crippen molar-refractivity contribution in [2.75, 3.05) is 0 Å². The molecular formula is C13H13N3OS. The summed E-state index contributed by atoms with van der Waals surface area (Å²) in [5, 5.41) is 0. The molecule has 2 N–H and O–H groups in total. The lowest BCUT2D eigenvalue weighted by atomic mass is 10.2. The molecule has 0 spiro atoms. The van der Waals surface area contributed by atoms with Crippen molar-refractivity contribution in [1.29, 1.82) is 0 Å². The van der Waals surface area contributed by atoms with Gasteiger partial charge < -0.3 is 10.3 Å². The largest absolute Gasteiger partial charge is 0.389 e. The van der Waals surface area contributed by atoms with Crippen LogP contribution < -0.4 is 11.3 Å². The number of rotatable bonds is 3. The van der Waals surface area contributed by atoms with Gasteiger partial charge in [-0.2, -0.15) is 0 Å². The SMILES string of the molecule is Cc1cncc(Cn2cccc(C(N)=S)c2=O)c1. The number of aryl methyl sites for hydroxylation is 1. The summed E-state index contributed by atoms with van der Waals surface area (Å²) in [6.07, 6.45) is 5.23. The van der Waals surface area contributed by atoms with Crippen molar-refractivity contribution < 1.29 is 0 Å². The molecule has 0 aromatic carbocycles. The first kappa shape index (κ1) is 12.4. The number of nitrogens with two attached hydrogens (primary N) is 1. The van der Waals surface area contributed by atoms with Crippen LogP contribution in [0.1, 0.15) is 16.7 Å². The lowest BCUT2D eigenvalue weighted by molar-refractivity contribution is 0.754. The molecule has 0 aliphatic carbocycles. The van der Waals surface area contributed by atoms with Gasteiger partial charge in [0.2, 0.25) is 0 Å². The van der Waals surface area contributed by atoms with Crippen LogP contribution in [0.25, 0.3) is 0 Å². The topological polar surface area (TPSA) is 60.9 Å². The molecule has 0 aliphatic rings. The summed E-state index contributed by atoms with van der Waals surface area (Å²) >= 11 is 4.85. The molecule has 0 saturated heterocycles. The van der Waals surface area contributed by atoms with Gasteiger partial charge in [-0.3, -0.25) is 9.78 Å². The first-order valence-corrected chi connectivity index (χ1v) is 5.88. The van der Waals surface area contributed by atoms with E-state index in [1.807, 2.05) is 13.0 Å². The van der Waals surface area contributed by atoms with Crippen LogP contribution in [0.4, 0.5) is 0 Å². The van der Waals surface area contributed by atoms with E-state index < -0.39 is 0 Å². The van der Waals surface area contributed by atoms with Crippen LogP contribution in [0.15, 0.2) is 41.6 Å². The van der Waals surface area contributed by atoms with Crippen LogP contribution in [0, 0.1) is 6.92 Å². The Bertz CT molecular complexity index is 649. The van der Waals surface area contributed by atoms with Crippen molar-refractivity contribution in [2.24, 2.45) is 5.73 Å². The van der Waals surface area contributed by atoms with Crippen molar-refractivity contribution in [1.82, 2.24) is 9.55 Å². The van der Waals surface area contributed by atoms with Crippen LogP contribution in [-0.2, 0) is 6.54 Å². The third-order valence-corrected chi connectivity index (χ3v) is 2.79. The monoisotopic (exact) mass is 259 g/mol. The average Bonchev–Trinajstić information content (AvgIpc) is 2.31. The number of nitrogens with zero attached hydrogens (tertiary/aromatic N) is 2. The maximum atomic E-state index is 12.1. The molecule has 0 unspecified atom stereocenters. The van der Waals surface area contributed by atoms with Gasteiger partial charge in [0, 0.05) is 18.6 Å². The molecule has 2 aromatic heterocycles. The van der Waals surface area contributed by atoms with Gasteiger partial charge in [0.05, 0.1) is 12.1 Å². The van der Waals surface area contributed by atoms with E-state index in [2.05, 4.69) is 4.98 Å². The molecule has 2 rings (SSSR count). The molecule has 2 aromatic rings. The first-order chi connectivity index (χ1) is 8.58. The normalized spacial score (nSPS) is 10.3. The van der Waals surface area contributed by atoms with E-state index in [9.17, 15) is 4.79 Å². The summed E-state index contributed by atoms with van der Waals surface area (Å²) in [4.78, 5) is 16.3. The molecule has 5 heteroatoms. The van der Waals surface area contributed by atoms with E-state index in [1.54, 1.807) is 35.3 Å². The zero-order valence-corrected chi connectivity index (χ0v) is 10.8. The summed E-state index contributed by atoms with van der Waals surface area (Å²) < 4.78 is 1.57. The Morgan fingerprint density at radius 1 is 1.50 bits per heavy atom. The lowest BCUT2D eigenvalue weighted by Gasteiger charge is -2.07. The summed E-state index contributed by atoms with van der Waals surface area (Å²) in [6, 6.07) is 5.39. The van der Waals surface area contributed by atoms with Crippen molar-refractivity contribution >= 4 is 17.2 Å². The minimum absolute atomic E-state index is 0.122. The Balaban J connectivity index is 2.38. The van der Waals surface area contributed by atoms with Gasteiger partial charge in [0.15, 0.2) is 0 Å². The van der Waals surface area contributed by atoms with Crippen LogP contribution in [0.3, 0.4) is 0 Å². The van der Waals surface area contributed by atoms with Gasteiger partial charge in [-0.25, -0.2) is 0 Å². The zero-order chi connectivity index (χ0) is 13.1. The van der Waals surface area contributed by atoms with Crippen molar-refractivity contribution in [2.45, 2.75) is 13.5 Å². The second-order valence-electron chi connectivity index (χ2n) is 4.09. The van der Waals surface area contributed by atoms with E-state index in [0.717, 1.165) is 11.1 Å². The van der Waals surface area contributed by atoms with Gasteiger partial charge in [-0.1, -0.05) is 18.3 Å². The molecule has 0 amide bonds. The fraction of sp³-hybridized carbons (Fsp3) is 0.154. The summed E-state index contributed by atoms with van der Waals surface area (Å²) in [5.41, 5.74) is 7.73. The van der Waals surface area contributed by atoms with E-state index in [0.29, 0.717) is 12.1 Å². The summed E-state index contributed by atoms with van der Waals surface area (Å²) in [6.45, 7) is 2.43. The molecular weight excluding hydrogens is 246 g/mol. The third-order valence-electron chi connectivity index (χ3n) is 2.57. The van der Waals surface area contributed by atoms with Gasteiger partial charge in [0.25, 0.3) is 5.56 Å². The molecule has 2 heterocycles. The Morgan fingerprint density at radius 3 is 2.94 bits per heavy atom. The second-order valence-corrected chi connectivity index (χ2v) is 4.53. The van der Waals surface area contributed by atoms with Gasteiger partial charge in [0.1, 0.15) is 4.99 Å². The molecule has 0 aliphatic heterocycles. The van der Waals surface area contributed by atoms with Crippen molar-refractivity contribution in [3.8, 4) is 0 Å². The highest BCUT2D eigenvalue weighted by Crippen LogP contribution is 2.03. The number of pyridine rings is 2. The predicted molar refractivity (Wildman–Crippen MR) is 74.7 cm³/mol. The standard InChI is InChI=1S/C13H13N3OS/c1-9-5-10(7-15-6-9)8-16-4-2-3-11(12(14)18)13(16)17/h2-7H,8H2,1H3,(H2,14,18). The fourth-order valence-electron chi connectivity index (χ4n) is 1.75. The third kappa shape index (κ3) is 2.62. The number of hydrogen-bond acceptors (Lipinski definition) is 3. The summed E-state index contributed by atoms with van der Waals surface area (Å²) in [7, 11) is 0. The average molecular weight is 259 g/mol. The number of hydrogen-bond donors (Lipinski definition) is 1. The predicted octanol–water partition coefficient (Wildman–Crippen LogP) is 1.23. The number of aromatic nitrogens is 2. The van der Waals surface area contributed by atoms with Crippen LogP contribution >= 0.6 is 12.2 Å². The maximum absolute atomic E-state index is 12.1. The number of thiocarbonyl (C=S) groups is 1. The van der Waals surface area contributed by atoms with Crippen molar-refractivity contribution in [3.63, 3.8) is 0 Å². The second kappa shape index (κ2) is 5.10. The lowest BCUT2D eigenvalue weighted by Crippen LogP contribution is -2.28. The van der Waals surface area contributed by atoms with E-state index in [-0.39, 0.29) is 10.5 Å². The zero-order valence-electron chi connectivity index (χ0n) is 9.96. The molecule has 0 saturated carbocycles. The van der Waals surface area contributed by atoms with Crippen LogP contribution in [-0.4, -0.2) is 14.5 Å². The molecule has 0 fully saturated rings.